The molecule has 2 N–H and O–H groups in total. The van der Waals surface area contributed by atoms with Crippen molar-refractivity contribution in [1.29, 1.82) is 0 Å². The molecule has 4 heteroatoms. The number of aromatic amines is 1. The molecular weight excluding hydrogens is 286 g/mol. The van der Waals surface area contributed by atoms with Crippen LogP contribution < -0.4 is 5.32 Å². The number of hydrogen-bond donors (Lipinski definition) is 2. The Kier molecular flexibility index (Phi) is 3.90. The summed E-state index contributed by atoms with van der Waals surface area (Å²) in [5.41, 5.74) is 3.72. The average molecular weight is 307 g/mol. The number of fused-ring (bicyclic) bond motifs is 1. The van der Waals surface area contributed by atoms with E-state index in [-0.39, 0.29) is 11.3 Å². The molecule has 0 saturated carbocycles. The zero-order valence-corrected chi connectivity index (χ0v) is 13.7. The maximum absolute atomic E-state index is 12.3. The molecule has 0 aliphatic rings. The molecule has 118 valence electrons. The summed E-state index contributed by atoms with van der Waals surface area (Å²) in [7, 11) is 0. The van der Waals surface area contributed by atoms with Gasteiger partial charge in [0.05, 0.1) is 12.2 Å². The van der Waals surface area contributed by atoms with E-state index < -0.39 is 0 Å². The molecule has 0 radical (unpaired) electrons. The van der Waals surface area contributed by atoms with E-state index in [1.807, 2.05) is 24.3 Å². The summed E-state index contributed by atoms with van der Waals surface area (Å²) in [5.74, 6) is -0.121. The minimum atomic E-state index is -0.121. The largest absolute Gasteiger partial charge is 0.351 e. The summed E-state index contributed by atoms with van der Waals surface area (Å²) in [5, 5.41) is 3.93. The first-order valence-electron chi connectivity index (χ1n) is 7.75. The van der Waals surface area contributed by atoms with Gasteiger partial charge in [0.15, 0.2) is 0 Å². The molecule has 2 heterocycles. The molecule has 0 bridgehead atoms. The standard InChI is InChI=1S/C19H21N3O/c1-19(2,3)14-8-7-13-10-17(22-16(13)11-14)18(23)21-12-15-6-4-5-9-20-15/h4-11,22H,12H2,1-3H3,(H,21,23). The normalized spacial score (nSPS) is 11.6. The van der Waals surface area contributed by atoms with E-state index in [0.29, 0.717) is 12.2 Å². The molecule has 23 heavy (non-hydrogen) atoms. The van der Waals surface area contributed by atoms with Crippen molar-refractivity contribution in [2.45, 2.75) is 32.7 Å². The molecule has 0 saturated heterocycles. The number of nitrogens with zero attached hydrogens (tertiary/aromatic N) is 1. The topological polar surface area (TPSA) is 57.8 Å². The summed E-state index contributed by atoms with van der Waals surface area (Å²) in [6.07, 6.45) is 1.72. The maximum Gasteiger partial charge on any atom is 0.268 e. The number of benzene rings is 1. The summed E-state index contributed by atoms with van der Waals surface area (Å²) < 4.78 is 0. The van der Waals surface area contributed by atoms with E-state index in [1.165, 1.54) is 5.56 Å². The second kappa shape index (κ2) is 5.88. The highest BCUT2D eigenvalue weighted by atomic mass is 16.1. The van der Waals surface area contributed by atoms with Gasteiger partial charge in [0.1, 0.15) is 5.69 Å². The van der Waals surface area contributed by atoms with Gasteiger partial charge < -0.3 is 10.3 Å². The third-order valence-corrected chi connectivity index (χ3v) is 3.89. The summed E-state index contributed by atoms with van der Waals surface area (Å²) in [4.78, 5) is 19.7. The zero-order chi connectivity index (χ0) is 16.4. The molecule has 1 aromatic carbocycles. The van der Waals surface area contributed by atoms with Crippen LogP contribution in [-0.4, -0.2) is 15.9 Å². The lowest BCUT2D eigenvalue weighted by atomic mass is 9.87. The Bertz CT molecular complexity index is 829. The molecule has 0 aliphatic carbocycles. The number of nitrogens with one attached hydrogen (secondary N) is 2. The Morgan fingerprint density at radius 1 is 1.17 bits per heavy atom. The molecule has 2 aromatic heterocycles. The fraction of sp³-hybridized carbons (Fsp3) is 0.263. The fourth-order valence-electron chi connectivity index (χ4n) is 2.48. The maximum atomic E-state index is 12.3. The first-order chi connectivity index (χ1) is 10.9. The molecule has 0 atom stereocenters. The number of H-pyrrole nitrogens is 1. The third kappa shape index (κ3) is 3.42. The van der Waals surface area contributed by atoms with Gasteiger partial charge in [-0.3, -0.25) is 9.78 Å². The second-order valence-corrected chi connectivity index (χ2v) is 6.74. The first-order valence-corrected chi connectivity index (χ1v) is 7.75. The van der Waals surface area contributed by atoms with Crippen LogP contribution in [0.3, 0.4) is 0 Å². The van der Waals surface area contributed by atoms with Gasteiger partial charge in [-0.25, -0.2) is 0 Å². The zero-order valence-electron chi connectivity index (χ0n) is 13.7. The van der Waals surface area contributed by atoms with Gasteiger partial charge in [0.2, 0.25) is 0 Å². The Balaban J connectivity index is 1.78. The van der Waals surface area contributed by atoms with Crippen LogP contribution in [0.2, 0.25) is 0 Å². The molecule has 0 spiro atoms. The van der Waals surface area contributed by atoms with Gasteiger partial charge in [0.25, 0.3) is 5.91 Å². The molecule has 3 aromatic rings. The van der Waals surface area contributed by atoms with Crippen LogP contribution in [0, 0.1) is 0 Å². The van der Waals surface area contributed by atoms with Crippen molar-refractivity contribution in [3.8, 4) is 0 Å². The quantitative estimate of drug-likeness (QED) is 0.773. The predicted octanol–water partition coefficient (Wildman–Crippen LogP) is 3.79. The lowest BCUT2D eigenvalue weighted by Gasteiger charge is -2.18. The van der Waals surface area contributed by atoms with Gasteiger partial charge in [-0.2, -0.15) is 0 Å². The van der Waals surface area contributed by atoms with Crippen molar-refractivity contribution in [1.82, 2.24) is 15.3 Å². The van der Waals surface area contributed by atoms with Crippen LogP contribution in [0.4, 0.5) is 0 Å². The number of pyridine rings is 1. The summed E-state index contributed by atoms with van der Waals surface area (Å²) in [6.45, 7) is 6.95. The minimum absolute atomic E-state index is 0.0840. The summed E-state index contributed by atoms with van der Waals surface area (Å²) >= 11 is 0. The van der Waals surface area contributed by atoms with Crippen LogP contribution in [0.25, 0.3) is 10.9 Å². The molecule has 0 aliphatic heterocycles. The molecule has 0 fully saturated rings. The van der Waals surface area contributed by atoms with Crippen molar-refractivity contribution >= 4 is 16.8 Å². The molecule has 1 amide bonds. The summed E-state index contributed by atoms with van der Waals surface area (Å²) in [6, 6.07) is 13.8. The van der Waals surface area contributed by atoms with Crippen LogP contribution in [-0.2, 0) is 12.0 Å². The van der Waals surface area contributed by atoms with Crippen LogP contribution in [0.1, 0.15) is 42.5 Å². The molecular formula is C19H21N3O. The number of carbonyl (C=O) groups excluding carboxylic acids is 1. The average Bonchev–Trinajstić information content (AvgIpc) is 2.96. The monoisotopic (exact) mass is 307 g/mol. The second-order valence-electron chi connectivity index (χ2n) is 6.74. The van der Waals surface area contributed by atoms with Gasteiger partial charge in [0, 0.05) is 17.1 Å². The number of hydrogen-bond acceptors (Lipinski definition) is 2. The highest BCUT2D eigenvalue weighted by Crippen LogP contribution is 2.26. The van der Waals surface area contributed by atoms with Crippen molar-refractivity contribution in [2.75, 3.05) is 0 Å². The Morgan fingerprint density at radius 3 is 2.70 bits per heavy atom. The van der Waals surface area contributed by atoms with Crippen molar-refractivity contribution < 1.29 is 4.79 Å². The SMILES string of the molecule is CC(C)(C)c1ccc2cc(C(=O)NCc3ccccn3)[nH]c2c1. The van der Waals surface area contributed by atoms with E-state index in [9.17, 15) is 4.79 Å². The van der Waals surface area contributed by atoms with Gasteiger partial charge in [-0.05, 0) is 35.2 Å². The van der Waals surface area contributed by atoms with Crippen LogP contribution in [0.5, 0.6) is 0 Å². The van der Waals surface area contributed by atoms with E-state index in [0.717, 1.165) is 16.6 Å². The fourth-order valence-corrected chi connectivity index (χ4v) is 2.48. The Hall–Kier alpha value is -2.62. The van der Waals surface area contributed by atoms with Crippen LogP contribution >= 0.6 is 0 Å². The van der Waals surface area contributed by atoms with Crippen molar-refractivity contribution in [3.63, 3.8) is 0 Å². The lowest BCUT2D eigenvalue weighted by Crippen LogP contribution is -2.23. The highest BCUT2D eigenvalue weighted by molar-refractivity contribution is 5.98. The Morgan fingerprint density at radius 2 is 2.00 bits per heavy atom. The molecule has 3 rings (SSSR count). The highest BCUT2D eigenvalue weighted by Gasteiger charge is 2.15. The number of rotatable bonds is 3. The number of aromatic nitrogens is 2. The number of amides is 1. The van der Waals surface area contributed by atoms with E-state index in [2.05, 4.69) is 54.3 Å². The minimum Gasteiger partial charge on any atom is -0.351 e. The van der Waals surface area contributed by atoms with E-state index in [4.69, 9.17) is 0 Å². The van der Waals surface area contributed by atoms with Gasteiger partial charge in [-0.15, -0.1) is 0 Å². The van der Waals surface area contributed by atoms with E-state index in [1.54, 1.807) is 6.20 Å². The van der Waals surface area contributed by atoms with Crippen molar-refractivity contribution in [2.24, 2.45) is 0 Å². The lowest BCUT2D eigenvalue weighted by molar-refractivity contribution is 0.0946. The third-order valence-electron chi connectivity index (χ3n) is 3.89. The van der Waals surface area contributed by atoms with Gasteiger partial charge in [-0.1, -0.05) is 39.0 Å². The smallest absolute Gasteiger partial charge is 0.268 e. The van der Waals surface area contributed by atoms with E-state index >= 15 is 0 Å². The first kappa shape index (κ1) is 15.3. The molecule has 0 unspecified atom stereocenters. The van der Waals surface area contributed by atoms with Crippen molar-refractivity contribution in [3.05, 3.63) is 65.6 Å². The number of carbonyl (C=O) groups is 1. The molecule has 4 nitrogen and oxygen atoms in total. The van der Waals surface area contributed by atoms with Crippen LogP contribution in [0.15, 0.2) is 48.7 Å². The Labute approximate surface area is 136 Å². The van der Waals surface area contributed by atoms with Gasteiger partial charge >= 0.3 is 0 Å². The predicted molar refractivity (Wildman–Crippen MR) is 92.4 cm³/mol.